The van der Waals surface area contributed by atoms with Gasteiger partial charge in [0.1, 0.15) is 11.6 Å². The van der Waals surface area contributed by atoms with Crippen molar-refractivity contribution in [2.24, 2.45) is 5.73 Å². The van der Waals surface area contributed by atoms with Crippen molar-refractivity contribution in [3.05, 3.63) is 28.0 Å². The summed E-state index contributed by atoms with van der Waals surface area (Å²) in [5.41, 5.74) is 5.34. The molecule has 3 nitrogen and oxygen atoms in total. The van der Waals surface area contributed by atoms with E-state index in [1.54, 1.807) is 0 Å². The first-order chi connectivity index (χ1) is 6.60. The maximum Gasteiger partial charge on any atom is 0.180 e. The zero-order valence-corrected chi connectivity index (χ0v) is 9.10. The fraction of sp³-hybridized carbons (Fsp3) is 0.222. The van der Waals surface area contributed by atoms with E-state index >= 15 is 0 Å². The van der Waals surface area contributed by atoms with Gasteiger partial charge in [-0.15, -0.1) is 0 Å². The van der Waals surface area contributed by atoms with E-state index in [-0.39, 0.29) is 22.4 Å². The Morgan fingerprint density at radius 3 is 2.79 bits per heavy atom. The molecule has 0 amide bonds. The largest absolute Gasteiger partial charge is 0.496 e. The first-order valence-corrected chi connectivity index (χ1v) is 4.65. The standard InChI is InChI=1S/C9H9BrFNO2/c1-14-9-3-6(10)7(11)2-5(9)8(13)4-12/h2-3H,4,12H2,1H3. The van der Waals surface area contributed by atoms with Crippen LogP contribution in [0.3, 0.4) is 0 Å². The van der Waals surface area contributed by atoms with Crippen molar-refractivity contribution in [2.45, 2.75) is 0 Å². The van der Waals surface area contributed by atoms with Gasteiger partial charge in [0.05, 0.1) is 23.7 Å². The molecule has 0 unspecified atom stereocenters. The van der Waals surface area contributed by atoms with Crippen molar-refractivity contribution in [2.75, 3.05) is 13.7 Å². The van der Waals surface area contributed by atoms with Gasteiger partial charge in [-0.05, 0) is 28.1 Å². The molecule has 0 saturated carbocycles. The zero-order valence-electron chi connectivity index (χ0n) is 7.51. The van der Waals surface area contributed by atoms with Gasteiger partial charge < -0.3 is 10.5 Å². The van der Waals surface area contributed by atoms with E-state index < -0.39 is 5.82 Å². The molecule has 2 N–H and O–H groups in total. The summed E-state index contributed by atoms with van der Waals surface area (Å²) in [7, 11) is 1.41. The van der Waals surface area contributed by atoms with Crippen LogP contribution in [0.2, 0.25) is 0 Å². The summed E-state index contributed by atoms with van der Waals surface area (Å²) in [6.45, 7) is -0.169. The third-order valence-corrected chi connectivity index (χ3v) is 2.34. The number of rotatable bonds is 3. The Morgan fingerprint density at radius 1 is 1.64 bits per heavy atom. The molecule has 5 heteroatoms. The smallest absolute Gasteiger partial charge is 0.180 e. The normalized spacial score (nSPS) is 10.0. The molecular formula is C9H9BrFNO2. The fourth-order valence-electron chi connectivity index (χ4n) is 1.03. The molecule has 0 fully saturated rings. The Morgan fingerprint density at radius 2 is 2.29 bits per heavy atom. The Kier molecular flexibility index (Phi) is 3.60. The summed E-state index contributed by atoms with van der Waals surface area (Å²) in [4.78, 5) is 11.3. The number of ketones is 1. The van der Waals surface area contributed by atoms with Gasteiger partial charge in [-0.25, -0.2) is 4.39 Å². The number of halogens is 2. The second-order valence-corrected chi connectivity index (χ2v) is 3.45. The van der Waals surface area contributed by atoms with Gasteiger partial charge in [-0.2, -0.15) is 0 Å². The van der Waals surface area contributed by atoms with Crippen molar-refractivity contribution >= 4 is 21.7 Å². The highest BCUT2D eigenvalue weighted by Gasteiger charge is 2.14. The van der Waals surface area contributed by atoms with Gasteiger partial charge in [0.15, 0.2) is 5.78 Å². The van der Waals surface area contributed by atoms with E-state index in [0.29, 0.717) is 5.75 Å². The molecule has 0 heterocycles. The van der Waals surface area contributed by atoms with E-state index in [2.05, 4.69) is 15.9 Å². The molecule has 14 heavy (non-hydrogen) atoms. The van der Waals surface area contributed by atoms with Crippen LogP contribution >= 0.6 is 15.9 Å². The number of Topliss-reactive ketones (excluding diaryl/α,β-unsaturated/α-hetero) is 1. The summed E-state index contributed by atoms with van der Waals surface area (Å²) in [6.07, 6.45) is 0. The van der Waals surface area contributed by atoms with Gasteiger partial charge in [-0.1, -0.05) is 0 Å². The van der Waals surface area contributed by atoms with Crippen LogP contribution in [0, 0.1) is 5.82 Å². The second-order valence-electron chi connectivity index (χ2n) is 2.59. The van der Waals surface area contributed by atoms with Crippen molar-refractivity contribution in [3.63, 3.8) is 0 Å². The number of benzene rings is 1. The molecule has 0 atom stereocenters. The van der Waals surface area contributed by atoms with Crippen molar-refractivity contribution in [1.82, 2.24) is 0 Å². The highest BCUT2D eigenvalue weighted by atomic mass is 79.9. The SMILES string of the molecule is COc1cc(Br)c(F)cc1C(=O)CN. The van der Waals surface area contributed by atoms with Crippen LogP contribution in [-0.4, -0.2) is 19.4 Å². The Balaban J connectivity index is 3.27. The predicted molar refractivity (Wildman–Crippen MR) is 54.0 cm³/mol. The summed E-state index contributed by atoms with van der Waals surface area (Å²) in [5.74, 6) is -0.551. The van der Waals surface area contributed by atoms with Crippen LogP contribution in [0.4, 0.5) is 4.39 Å². The number of nitrogens with two attached hydrogens (primary N) is 1. The maximum absolute atomic E-state index is 13.1. The van der Waals surface area contributed by atoms with E-state index in [4.69, 9.17) is 10.5 Å². The monoisotopic (exact) mass is 261 g/mol. The molecule has 76 valence electrons. The van der Waals surface area contributed by atoms with Crippen molar-refractivity contribution in [3.8, 4) is 5.75 Å². The average Bonchev–Trinajstić information content (AvgIpc) is 2.20. The summed E-state index contributed by atoms with van der Waals surface area (Å²) in [5, 5.41) is 0. The number of methoxy groups -OCH3 is 1. The molecule has 0 saturated heterocycles. The Labute approximate surface area is 89.2 Å². The first-order valence-electron chi connectivity index (χ1n) is 3.86. The predicted octanol–water partition coefficient (Wildman–Crippen LogP) is 1.74. The lowest BCUT2D eigenvalue weighted by molar-refractivity contribution is 0.0998. The lowest BCUT2D eigenvalue weighted by Crippen LogP contribution is -2.14. The van der Waals surface area contributed by atoms with E-state index in [0.717, 1.165) is 6.07 Å². The van der Waals surface area contributed by atoms with Crippen LogP contribution in [0.5, 0.6) is 5.75 Å². The van der Waals surface area contributed by atoms with Crippen molar-refractivity contribution in [1.29, 1.82) is 0 Å². The van der Waals surface area contributed by atoms with Gasteiger partial charge in [0, 0.05) is 0 Å². The van der Waals surface area contributed by atoms with Crippen LogP contribution in [0.25, 0.3) is 0 Å². The summed E-state index contributed by atoms with van der Waals surface area (Å²) in [6, 6.07) is 2.51. The minimum atomic E-state index is -0.511. The number of hydrogen-bond donors (Lipinski definition) is 1. The molecule has 0 spiro atoms. The Hall–Kier alpha value is -0.940. The number of carbonyl (C=O) groups is 1. The quantitative estimate of drug-likeness (QED) is 0.844. The van der Waals surface area contributed by atoms with E-state index in [1.807, 2.05) is 0 Å². The van der Waals surface area contributed by atoms with Crippen LogP contribution < -0.4 is 10.5 Å². The van der Waals surface area contributed by atoms with Crippen LogP contribution in [0.15, 0.2) is 16.6 Å². The third kappa shape index (κ3) is 2.10. The molecule has 0 aromatic heterocycles. The summed E-state index contributed by atoms with van der Waals surface area (Å²) >= 11 is 2.99. The molecule has 0 radical (unpaired) electrons. The number of hydrogen-bond acceptors (Lipinski definition) is 3. The molecular weight excluding hydrogens is 253 g/mol. The topological polar surface area (TPSA) is 52.3 Å². The minimum absolute atomic E-state index is 0.163. The second kappa shape index (κ2) is 4.52. The first kappa shape index (κ1) is 11.1. The van der Waals surface area contributed by atoms with Crippen LogP contribution in [0.1, 0.15) is 10.4 Å². The third-order valence-electron chi connectivity index (χ3n) is 1.73. The van der Waals surface area contributed by atoms with Crippen molar-refractivity contribution < 1.29 is 13.9 Å². The lowest BCUT2D eigenvalue weighted by atomic mass is 10.1. The molecule has 0 aliphatic carbocycles. The molecule has 0 bridgehead atoms. The minimum Gasteiger partial charge on any atom is -0.496 e. The lowest BCUT2D eigenvalue weighted by Gasteiger charge is -2.07. The zero-order chi connectivity index (χ0) is 10.7. The van der Waals surface area contributed by atoms with Crippen LogP contribution in [-0.2, 0) is 0 Å². The fourth-order valence-corrected chi connectivity index (χ4v) is 1.35. The maximum atomic E-state index is 13.1. The van der Waals surface area contributed by atoms with E-state index in [1.165, 1.54) is 13.2 Å². The van der Waals surface area contributed by atoms with Gasteiger partial charge in [-0.3, -0.25) is 4.79 Å². The summed E-state index contributed by atoms with van der Waals surface area (Å²) < 4.78 is 18.3. The van der Waals surface area contributed by atoms with Gasteiger partial charge >= 0.3 is 0 Å². The molecule has 1 rings (SSSR count). The number of carbonyl (C=O) groups excluding carboxylic acids is 1. The highest BCUT2D eigenvalue weighted by Crippen LogP contribution is 2.26. The molecule has 1 aromatic rings. The number of ether oxygens (including phenoxy) is 1. The average molecular weight is 262 g/mol. The Bertz CT molecular complexity index is 368. The van der Waals surface area contributed by atoms with E-state index in [9.17, 15) is 9.18 Å². The van der Waals surface area contributed by atoms with Gasteiger partial charge in [0.25, 0.3) is 0 Å². The molecule has 0 aliphatic rings. The molecule has 1 aromatic carbocycles. The van der Waals surface area contributed by atoms with Gasteiger partial charge in [0.2, 0.25) is 0 Å². The highest BCUT2D eigenvalue weighted by molar-refractivity contribution is 9.10. The molecule has 0 aliphatic heterocycles.